The fourth-order valence-corrected chi connectivity index (χ4v) is 3.16. The molecule has 0 bridgehead atoms. The van der Waals surface area contributed by atoms with E-state index in [1.807, 2.05) is 35.2 Å². The molecular weight excluding hydrogens is 330 g/mol. The number of amides is 2. The number of hydrogen-bond acceptors (Lipinski definition) is 4. The largest absolute Gasteiger partial charge is 0.465 e. The molecule has 136 valence electrons. The van der Waals surface area contributed by atoms with Gasteiger partial charge in [-0.3, -0.25) is 0 Å². The molecule has 1 heterocycles. The van der Waals surface area contributed by atoms with Crippen molar-refractivity contribution in [1.29, 1.82) is 0 Å². The molecule has 1 saturated heterocycles. The lowest BCUT2D eigenvalue weighted by molar-refractivity contribution is 0.0600. The van der Waals surface area contributed by atoms with Gasteiger partial charge in [0, 0.05) is 25.3 Å². The highest BCUT2D eigenvalue weighted by Gasteiger charge is 2.30. The molecule has 2 amide bonds. The minimum Gasteiger partial charge on any atom is -0.465 e. The van der Waals surface area contributed by atoms with E-state index < -0.39 is 5.97 Å². The average molecular weight is 353 g/mol. The molecule has 1 atom stereocenters. The highest BCUT2D eigenvalue weighted by molar-refractivity contribution is 5.94. The van der Waals surface area contributed by atoms with E-state index in [9.17, 15) is 9.59 Å². The lowest BCUT2D eigenvalue weighted by Crippen LogP contribution is -2.50. The number of carbonyl (C=O) groups excluding carboxylic acids is 2. The Kier molecular flexibility index (Phi) is 5.53. The number of nitrogens with one attached hydrogen (secondary N) is 1. The average Bonchev–Trinajstić information content (AvgIpc) is 2.68. The summed E-state index contributed by atoms with van der Waals surface area (Å²) in [6, 6.07) is 16.6. The van der Waals surface area contributed by atoms with Crippen LogP contribution in [0.3, 0.4) is 0 Å². The van der Waals surface area contributed by atoms with Gasteiger partial charge >= 0.3 is 12.0 Å². The first-order valence-corrected chi connectivity index (χ1v) is 8.58. The number of piperazine rings is 1. The first-order valence-electron chi connectivity index (χ1n) is 8.58. The molecule has 2 aromatic carbocycles. The van der Waals surface area contributed by atoms with Crippen molar-refractivity contribution in [2.45, 2.75) is 6.04 Å². The Bertz CT molecular complexity index is 779. The van der Waals surface area contributed by atoms with E-state index in [2.05, 4.69) is 17.3 Å². The molecule has 1 aliphatic rings. The SMILES string of the molecule is COC(=O)c1cccc(NC(=O)N2CCN(C)C[C@@H]2c2ccccc2)c1. The van der Waals surface area contributed by atoms with Gasteiger partial charge in [-0.15, -0.1) is 0 Å². The summed E-state index contributed by atoms with van der Waals surface area (Å²) in [5.41, 5.74) is 2.09. The highest BCUT2D eigenvalue weighted by atomic mass is 16.5. The van der Waals surface area contributed by atoms with Crippen LogP contribution in [0.2, 0.25) is 0 Å². The molecule has 1 N–H and O–H groups in total. The number of hydrogen-bond donors (Lipinski definition) is 1. The summed E-state index contributed by atoms with van der Waals surface area (Å²) in [5, 5.41) is 2.91. The Morgan fingerprint density at radius 2 is 1.85 bits per heavy atom. The van der Waals surface area contributed by atoms with Crippen molar-refractivity contribution in [2.24, 2.45) is 0 Å². The summed E-state index contributed by atoms with van der Waals surface area (Å²) in [6.07, 6.45) is 0. The third-order valence-electron chi connectivity index (χ3n) is 4.56. The second kappa shape index (κ2) is 8.01. The van der Waals surface area contributed by atoms with Crippen LogP contribution in [0.25, 0.3) is 0 Å². The fraction of sp³-hybridized carbons (Fsp3) is 0.300. The van der Waals surface area contributed by atoms with Crippen LogP contribution in [0.1, 0.15) is 22.0 Å². The number of likely N-dealkylation sites (N-methyl/N-ethyl adjacent to an activating group) is 1. The van der Waals surface area contributed by atoms with Gasteiger partial charge in [0.05, 0.1) is 18.7 Å². The van der Waals surface area contributed by atoms with E-state index in [0.29, 0.717) is 17.8 Å². The summed E-state index contributed by atoms with van der Waals surface area (Å²) in [4.78, 5) is 28.6. The molecule has 0 aromatic heterocycles. The maximum Gasteiger partial charge on any atom is 0.337 e. The molecule has 1 aliphatic heterocycles. The zero-order valence-corrected chi connectivity index (χ0v) is 15.0. The number of benzene rings is 2. The molecule has 26 heavy (non-hydrogen) atoms. The van der Waals surface area contributed by atoms with Crippen molar-refractivity contribution in [2.75, 3.05) is 39.1 Å². The molecule has 2 aromatic rings. The van der Waals surface area contributed by atoms with E-state index in [1.54, 1.807) is 24.3 Å². The number of anilines is 1. The van der Waals surface area contributed by atoms with Crippen LogP contribution in [-0.4, -0.2) is 55.6 Å². The lowest BCUT2D eigenvalue weighted by atomic mass is 10.0. The van der Waals surface area contributed by atoms with E-state index in [-0.39, 0.29) is 12.1 Å². The maximum atomic E-state index is 12.9. The second-order valence-corrected chi connectivity index (χ2v) is 6.38. The van der Waals surface area contributed by atoms with Crippen molar-refractivity contribution in [3.8, 4) is 0 Å². The molecule has 0 aliphatic carbocycles. The minimum absolute atomic E-state index is 0.0151. The van der Waals surface area contributed by atoms with Gasteiger partial charge < -0.3 is 19.9 Å². The molecule has 0 spiro atoms. The van der Waals surface area contributed by atoms with Crippen LogP contribution in [0.15, 0.2) is 54.6 Å². The summed E-state index contributed by atoms with van der Waals surface area (Å²) >= 11 is 0. The van der Waals surface area contributed by atoms with E-state index >= 15 is 0 Å². The Morgan fingerprint density at radius 1 is 1.08 bits per heavy atom. The van der Waals surface area contributed by atoms with Crippen molar-refractivity contribution in [1.82, 2.24) is 9.80 Å². The van der Waals surface area contributed by atoms with Crippen LogP contribution >= 0.6 is 0 Å². The molecule has 1 fully saturated rings. The zero-order chi connectivity index (χ0) is 18.5. The van der Waals surface area contributed by atoms with Gasteiger partial charge in [-0.2, -0.15) is 0 Å². The Morgan fingerprint density at radius 3 is 2.58 bits per heavy atom. The predicted octanol–water partition coefficient (Wildman–Crippen LogP) is 2.99. The van der Waals surface area contributed by atoms with Crippen LogP contribution in [0.4, 0.5) is 10.5 Å². The highest BCUT2D eigenvalue weighted by Crippen LogP contribution is 2.25. The van der Waals surface area contributed by atoms with Crippen molar-refractivity contribution in [3.05, 3.63) is 65.7 Å². The Balaban J connectivity index is 1.78. The first-order chi connectivity index (χ1) is 12.6. The molecule has 0 saturated carbocycles. The van der Waals surface area contributed by atoms with Crippen molar-refractivity contribution < 1.29 is 14.3 Å². The topological polar surface area (TPSA) is 61.9 Å². The van der Waals surface area contributed by atoms with E-state index in [4.69, 9.17) is 4.74 Å². The molecule has 0 unspecified atom stereocenters. The number of rotatable bonds is 3. The molecule has 0 radical (unpaired) electrons. The number of methoxy groups -OCH3 is 1. The van der Waals surface area contributed by atoms with Gasteiger partial charge in [0.25, 0.3) is 0 Å². The van der Waals surface area contributed by atoms with Crippen LogP contribution in [-0.2, 0) is 4.74 Å². The molecular formula is C20H23N3O3. The number of urea groups is 1. The third kappa shape index (κ3) is 4.03. The van der Waals surface area contributed by atoms with Gasteiger partial charge in [-0.25, -0.2) is 9.59 Å². The predicted molar refractivity (Wildman–Crippen MR) is 100 cm³/mol. The van der Waals surface area contributed by atoms with Gasteiger partial charge in [-0.05, 0) is 30.8 Å². The molecule has 3 rings (SSSR count). The monoisotopic (exact) mass is 353 g/mol. The number of carbonyl (C=O) groups is 2. The standard InChI is InChI=1S/C20H23N3O3/c1-22-11-12-23(18(14-22)15-7-4-3-5-8-15)20(25)21-17-10-6-9-16(13-17)19(24)26-2/h3-10,13,18H,11-12,14H2,1-2H3,(H,21,25)/t18-/m1/s1. The van der Waals surface area contributed by atoms with Gasteiger partial charge in [-0.1, -0.05) is 36.4 Å². The zero-order valence-electron chi connectivity index (χ0n) is 15.0. The van der Waals surface area contributed by atoms with Crippen LogP contribution in [0, 0.1) is 0 Å². The Labute approximate surface area is 153 Å². The normalized spacial score (nSPS) is 17.6. The molecule has 6 nitrogen and oxygen atoms in total. The van der Waals surface area contributed by atoms with Crippen LogP contribution in [0.5, 0.6) is 0 Å². The van der Waals surface area contributed by atoms with E-state index in [0.717, 1.165) is 18.7 Å². The summed E-state index contributed by atoms with van der Waals surface area (Å²) in [6.45, 7) is 2.23. The smallest absolute Gasteiger partial charge is 0.337 e. The van der Waals surface area contributed by atoms with Gasteiger partial charge in [0.15, 0.2) is 0 Å². The van der Waals surface area contributed by atoms with Crippen molar-refractivity contribution >= 4 is 17.7 Å². The quantitative estimate of drug-likeness (QED) is 0.862. The third-order valence-corrected chi connectivity index (χ3v) is 4.56. The summed E-state index contributed by atoms with van der Waals surface area (Å²) in [5.74, 6) is -0.428. The van der Waals surface area contributed by atoms with Gasteiger partial charge in [0.1, 0.15) is 0 Å². The van der Waals surface area contributed by atoms with Crippen molar-refractivity contribution in [3.63, 3.8) is 0 Å². The summed E-state index contributed by atoms with van der Waals surface area (Å²) < 4.78 is 4.73. The summed E-state index contributed by atoms with van der Waals surface area (Å²) in [7, 11) is 3.40. The lowest BCUT2D eigenvalue weighted by Gasteiger charge is -2.40. The van der Waals surface area contributed by atoms with Gasteiger partial charge in [0.2, 0.25) is 0 Å². The maximum absolute atomic E-state index is 12.9. The molecule has 6 heteroatoms. The fourth-order valence-electron chi connectivity index (χ4n) is 3.16. The number of ether oxygens (including phenoxy) is 1. The minimum atomic E-state index is -0.428. The first kappa shape index (κ1) is 17.9. The number of esters is 1. The van der Waals surface area contributed by atoms with E-state index in [1.165, 1.54) is 7.11 Å². The Hall–Kier alpha value is -2.86. The number of nitrogens with zero attached hydrogens (tertiary/aromatic N) is 2. The van der Waals surface area contributed by atoms with Crippen LogP contribution < -0.4 is 5.32 Å². The second-order valence-electron chi connectivity index (χ2n) is 6.38.